The molecule has 0 heterocycles. The van der Waals surface area contributed by atoms with Crippen molar-refractivity contribution in [1.29, 1.82) is 0 Å². The van der Waals surface area contributed by atoms with Crippen LogP contribution >= 0.6 is 0 Å². The van der Waals surface area contributed by atoms with Crippen molar-refractivity contribution in [2.45, 2.75) is 64.7 Å². The summed E-state index contributed by atoms with van der Waals surface area (Å²) in [4.78, 5) is 45.9. The normalized spacial score (nSPS) is 20.4. The molecule has 172 valence electrons. The average Bonchev–Trinajstić information content (AvgIpc) is 2.71. The summed E-state index contributed by atoms with van der Waals surface area (Å²) in [7, 11) is 0. The van der Waals surface area contributed by atoms with Gasteiger partial charge in [0, 0.05) is 12.0 Å². The molecule has 0 fully saturated rings. The number of hydrogen-bond acceptors (Lipinski definition) is 5. The molecule has 0 saturated carbocycles. The second kappa shape index (κ2) is 12.7. The second-order valence-electron chi connectivity index (χ2n) is 7.90. The van der Waals surface area contributed by atoms with E-state index in [1.807, 2.05) is 0 Å². The van der Waals surface area contributed by atoms with Gasteiger partial charge in [0.2, 0.25) is 0 Å². The lowest BCUT2D eigenvalue weighted by Crippen LogP contribution is -2.40. The molecule has 0 spiro atoms. The molecule has 0 amide bonds. The van der Waals surface area contributed by atoms with Gasteiger partial charge < -0.3 is 20.1 Å². The minimum Gasteiger partial charge on any atom is -0.481 e. The van der Waals surface area contributed by atoms with Gasteiger partial charge in [0.1, 0.15) is 0 Å². The van der Waals surface area contributed by atoms with Crippen LogP contribution in [0, 0.1) is 11.3 Å². The zero-order chi connectivity index (χ0) is 23.4. The summed E-state index contributed by atoms with van der Waals surface area (Å²) in [6, 6.07) is 0. The van der Waals surface area contributed by atoms with Gasteiger partial charge in [-0.25, -0.2) is 14.4 Å². The van der Waals surface area contributed by atoms with E-state index in [0.717, 1.165) is 57.1 Å². The van der Waals surface area contributed by atoms with E-state index in [-0.39, 0.29) is 11.1 Å². The fraction of sp³-hybridized carbons (Fsp3) is 0.565. The summed E-state index contributed by atoms with van der Waals surface area (Å²) in [5.41, 5.74) is -2.14. The Balaban J connectivity index is 2.47. The zero-order valence-corrected chi connectivity index (χ0v) is 18.0. The van der Waals surface area contributed by atoms with Crippen LogP contribution < -0.4 is 0 Å². The highest BCUT2D eigenvalue weighted by Crippen LogP contribution is 2.43. The van der Waals surface area contributed by atoms with Crippen molar-refractivity contribution in [2.75, 3.05) is 6.61 Å². The lowest BCUT2D eigenvalue weighted by atomic mass is 9.66. The van der Waals surface area contributed by atoms with Gasteiger partial charge in [0.25, 0.3) is 0 Å². The predicted molar refractivity (Wildman–Crippen MR) is 113 cm³/mol. The highest BCUT2D eigenvalue weighted by Gasteiger charge is 2.46. The standard InChI is InChI=1S/C23H32O8/c1-3-18(24)31-15-11-9-7-5-4-6-8-10-12-17-19(21(27)28)16(20(25)26)13-14-23(17,2)22(29)30/h3,13-14,17H,1,4-12,15H2,2H3,(H,25,26)(H,27,28)(H,29,30). The minimum atomic E-state index is -1.46. The Morgan fingerprint density at radius 2 is 1.52 bits per heavy atom. The van der Waals surface area contributed by atoms with E-state index in [9.17, 15) is 34.5 Å². The van der Waals surface area contributed by atoms with Crippen molar-refractivity contribution in [3.05, 3.63) is 36.0 Å². The molecule has 1 rings (SSSR count). The van der Waals surface area contributed by atoms with Crippen molar-refractivity contribution < 1.29 is 39.2 Å². The van der Waals surface area contributed by atoms with Gasteiger partial charge in [-0.1, -0.05) is 57.6 Å². The summed E-state index contributed by atoms with van der Waals surface area (Å²) in [5, 5.41) is 28.5. The van der Waals surface area contributed by atoms with Gasteiger partial charge in [0.15, 0.2) is 0 Å². The summed E-state index contributed by atoms with van der Waals surface area (Å²) in [6.45, 7) is 5.15. The average molecular weight is 437 g/mol. The quantitative estimate of drug-likeness (QED) is 0.199. The van der Waals surface area contributed by atoms with E-state index in [2.05, 4.69) is 6.58 Å². The van der Waals surface area contributed by atoms with Crippen LogP contribution in [0.4, 0.5) is 0 Å². The van der Waals surface area contributed by atoms with Crippen LogP contribution in [0.2, 0.25) is 0 Å². The van der Waals surface area contributed by atoms with Crippen molar-refractivity contribution in [3.63, 3.8) is 0 Å². The molecule has 0 aromatic carbocycles. The summed E-state index contributed by atoms with van der Waals surface area (Å²) < 4.78 is 4.90. The minimum absolute atomic E-state index is 0.292. The van der Waals surface area contributed by atoms with E-state index in [0.29, 0.717) is 19.4 Å². The Bertz CT molecular complexity index is 749. The van der Waals surface area contributed by atoms with Gasteiger partial charge in [-0.2, -0.15) is 0 Å². The van der Waals surface area contributed by atoms with Crippen LogP contribution in [0.3, 0.4) is 0 Å². The molecule has 1 aliphatic carbocycles. The number of carbonyl (C=O) groups is 4. The summed E-state index contributed by atoms with van der Waals surface area (Å²) >= 11 is 0. The molecule has 8 nitrogen and oxygen atoms in total. The Labute approximate surface area is 182 Å². The molecular formula is C23H32O8. The first kappa shape index (κ1) is 26.1. The number of esters is 1. The van der Waals surface area contributed by atoms with E-state index in [1.165, 1.54) is 13.0 Å². The lowest BCUT2D eigenvalue weighted by molar-refractivity contribution is -0.148. The molecule has 0 radical (unpaired) electrons. The number of ether oxygens (including phenoxy) is 1. The van der Waals surface area contributed by atoms with E-state index in [4.69, 9.17) is 4.74 Å². The Hall–Kier alpha value is -2.90. The molecular weight excluding hydrogens is 404 g/mol. The van der Waals surface area contributed by atoms with Crippen LogP contribution in [0.15, 0.2) is 36.0 Å². The van der Waals surface area contributed by atoms with Gasteiger partial charge in [-0.3, -0.25) is 4.79 Å². The fourth-order valence-electron chi connectivity index (χ4n) is 3.81. The smallest absolute Gasteiger partial charge is 0.336 e. The van der Waals surface area contributed by atoms with Gasteiger partial charge in [-0.15, -0.1) is 0 Å². The van der Waals surface area contributed by atoms with E-state index < -0.39 is 35.2 Å². The largest absolute Gasteiger partial charge is 0.481 e. The van der Waals surface area contributed by atoms with Crippen LogP contribution in [0.1, 0.15) is 64.7 Å². The van der Waals surface area contributed by atoms with Crippen molar-refractivity contribution in [1.82, 2.24) is 0 Å². The van der Waals surface area contributed by atoms with Crippen molar-refractivity contribution in [2.24, 2.45) is 11.3 Å². The van der Waals surface area contributed by atoms with Gasteiger partial charge in [0.05, 0.1) is 23.2 Å². The third kappa shape index (κ3) is 7.70. The second-order valence-corrected chi connectivity index (χ2v) is 7.90. The predicted octanol–water partition coefficient (Wildman–Crippen LogP) is 3.97. The third-order valence-electron chi connectivity index (χ3n) is 5.68. The molecule has 2 unspecified atom stereocenters. The van der Waals surface area contributed by atoms with Crippen molar-refractivity contribution in [3.8, 4) is 0 Å². The molecule has 0 aliphatic heterocycles. The molecule has 31 heavy (non-hydrogen) atoms. The Morgan fingerprint density at radius 3 is 2.00 bits per heavy atom. The summed E-state index contributed by atoms with van der Waals surface area (Å²) in [5.74, 6) is -5.25. The van der Waals surface area contributed by atoms with Crippen LogP contribution in [0.25, 0.3) is 0 Å². The molecule has 0 bridgehead atoms. The highest BCUT2D eigenvalue weighted by atomic mass is 16.5. The monoisotopic (exact) mass is 436 g/mol. The number of aliphatic carboxylic acids is 3. The van der Waals surface area contributed by atoms with E-state index >= 15 is 0 Å². The van der Waals surface area contributed by atoms with Crippen LogP contribution in [0.5, 0.6) is 0 Å². The number of carboxylic acids is 3. The first-order valence-electron chi connectivity index (χ1n) is 10.6. The molecule has 1 aliphatic rings. The van der Waals surface area contributed by atoms with Crippen LogP contribution in [-0.4, -0.2) is 45.8 Å². The number of carbonyl (C=O) groups excluding carboxylic acids is 1. The number of carboxylic acid groups (broad SMARTS) is 3. The highest BCUT2D eigenvalue weighted by molar-refractivity contribution is 6.03. The Kier molecular flexibility index (Phi) is 10.7. The first-order chi connectivity index (χ1) is 14.6. The molecule has 0 aromatic rings. The van der Waals surface area contributed by atoms with Crippen LogP contribution in [-0.2, 0) is 23.9 Å². The maximum Gasteiger partial charge on any atom is 0.336 e. The van der Waals surface area contributed by atoms with E-state index in [1.54, 1.807) is 0 Å². The number of hydrogen-bond donors (Lipinski definition) is 3. The topological polar surface area (TPSA) is 138 Å². The fourth-order valence-corrected chi connectivity index (χ4v) is 3.81. The first-order valence-corrected chi connectivity index (χ1v) is 10.6. The summed E-state index contributed by atoms with van der Waals surface area (Å²) in [6.07, 6.45) is 11.0. The van der Waals surface area contributed by atoms with Crippen molar-refractivity contribution >= 4 is 23.9 Å². The maximum absolute atomic E-state index is 11.8. The molecule has 2 atom stereocenters. The maximum atomic E-state index is 11.8. The molecule has 0 saturated heterocycles. The SMILES string of the molecule is C=CC(=O)OCCCCCCCCCCC1C(C(=O)O)=C(C(=O)O)C=CC1(C)C(=O)O. The van der Waals surface area contributed by atoms with Gasteiger partial charge >= 0.3 is 23.9 Å². The van der Waals surface area contributed by atoms with Gasteiger partial charge in [-0.05, 0) is 25.8 Å². The lowest BCUT2D eigenvalue weighted by Gasteiger charge is -2.35. The third-order valence-corrected chi connectivity index (χ3v) is 5.68. The number of rotatable bonds is 15. The Morgan fingerprint density at radius 1 is 0.968 bits per heavy atom. The molecule has 0 aromatic heterocycles. The number of unbranched alkanes of at least 4 members (excludes halogenated alkanes) is 7. The molecule has 3 N–H and O–H groups in total. The molecule has 8 heteroatoms. The zero-order valence-electron chi connectivity index (χ0n) is 18.0.